The molecule has 1 aliphatic rings. The molecule has 1 fully saturated rings. The van der Waals surface area contributed by atoms with E-state index in [9.17, 15) is 18.7 Å². The lowest BCUT2D eigenvalue weighted by Crippen LogP contribution is -2.52. The maximum absolute atomic E-state index is 14.8. The van der Waals surface area contributed by atoms with Gasteiger partial charge >= 0.3 is 0 Å². The normalized spacial score (nSPS) is 18.7. The van der Waals surface area contributed by atoms with E-state index in [1.54, 1.807) is 0 Å². The predicted molar refractivity (Wildman–Crippen MR) is 120 cm³/mol. The van der Waals surface area contributed by atoms with Crippen LogP contribution in [0.3, 0.4) is 0 Å². The van der Waals surface area contributed by atoms with Crippen molar-refractivity contribution in [2.24, 2.45) is 0 Å². The van der Waals surface area contributed by atoms with Crippen molar-refractivity contribution in [3.05, 3.63) is 53.9 Å². The number of hydrogen-bond donors (Lipinski definition) is 3. The Morgan fingerprint density at radius 3 is 2.63 bits per heavy atom. The van der Waals surface area contributed by atoms with Crippen LogP contribution in [0.2, 0.25) is 0 Å². The molecule has 10 nitrogen and oxygen atoms in total. The Morgan fingerprint density at radius 1 is 1.26 bits per heavy atom. The van der Waals surface area contributed by atoms with Gasteiger partial charge in [-0.1, -0.05) is 6.58 Å². The summed E-state index contributed by atoms with van der Waals surface area (Å²) in [5.74, 6) is -3.01. The largest absolute Gasteiger partial charge is 0.494 e. The molecule has 1 unspecified atom stereocenters. The standard InChI is InChI=1S/C23H24F2N4O6/c1-4-18(30)27-11-5-6-34-10-13(11)29-23-26-9-17-12(28-23)7-16(35-17)22(31)19-20(24)14(32-2)8-15(33-3)21(19)25/h4,7-9,11,13,22,31H,1,5-6,10H2,2-3H3,(H,27,30)(H,26,28,29)/t11-,13+,22?/m0/s1. The first-order valence-electron chi connectivity index (χ1n) is 10.7. The van der Waals surface area contributed by atoms with Gasteiger partial charge in [0.15, 0.2) is 28.7 Å². The van der Waals surface area contributed by atoms with Crippen LogP contribution < -0.4 is 20.1 Å². The highest BCUT2D eigenvalue weighted by Gasteiger charge is 2.30. The van der Waals surface area contributed by atoms with E-state index < -0.39 is 23.3 Å². The van der Waals surface area contributed by atoms with Crippen molar-refractivity contribution >= 4 is 23.0 Å². The second-order valence-corrected chi connectivity index (χ2v) is 7.75. The Balaban J connectivity index is 1.61. The summed E-state index contributed by atoms with van der Waals surface area (Å²) < 4.78 is 50.5. The van der Waals surface area contributed by atoms with Crippen molar-refractivity contribution in [2.75, 3.05) is 32.8 Å². The van der Waals surface area contributed by atoms with Crippen molar-refractivity contribution in [3.8, 4) is 11.5 Å². The number of nitrogens with zero attached hydrogens (tertiary/aromatic N) is 2. The molecular weight excluding hydrogens is 466 g/mol. The minimum Gasteiger partial charge on any atom is -0.494 e. The molecular formula is C23H24F2N4O6. The van der Waals surface area contributed by atoms with Crippen LogP contribution in [0.4, 0.5) is 14.7 Å². The maximum Gasteiger partial charge on any atom is 0.243 e. The second-order valence-electron chi connectivity index (χ2n) is 7.75. The first-order valence-corrected chi connectivity index (χ1v) is 10.7. The molecule has 3 heterocycles. The molecule has 35 heavy (non-hydrogen) atoms. The predicted octanol–water partition coefficient (Wildman–Crippen LogP) is 2.47. The van der Waals surface area contributed by atoms with Crippen LogP contribution in [0.25, 0.3) is 11.1 Å². The molecule has 1 amide bonds. The molecule has 12 heteroatoms. The molecule has 3 atom stereocenters. The lowest BCUT2D eigenvalue weighted by atomic mass is 10.0. The average Bonchev–Trinajstić information content (AvgIpc) is 3.29. The third-order valence-electron chi connectivity index (χ3n) is 5.62. The number of fused-ring (bicyclic) bond motifs is 1. The fourth-order valence-corrected chi connectivity index (χ4v) is 3.81. The van der Waals surface area contributed by atoms with Crippen LogP contribution in [0, 0.1) is 11.6 Å². The Kier molecular flexibility index (Phi) is 7.12. The molecule has 1 aliphatic heterocycles. The average molecular weight is 490 g/mol. The van der Waals surface area contributed by atoms with Crippen molar-refractivity contribution in [3.63, 3.8) is 0 Å². The lowest BCUT2D eigenvalue weighted by Gasteiger charge is -2.32. The number of nitrogens with one attached hydrogen (secondary N) is 2. The van der Waals surface area contributed by atoms with Crippen LogP contribution in [0.5, 0.6) is 11.5 Å². The third kappa shape index (κ3) is 4.88. The van der Waals surface area contributed by atoms with Crippen molar-refractivity contribution in [1.29, 1.82) is 0 Å². The van der Waals surface area contributed by atoms with Gasteiger partial charge in [-0.3, -0.25) is 4.79 Å². The SMILES string of the molecule is C=CC(=O)N[C@H]1CCOC[C@H]1Nc1ncc2oc(C(O)c3c(F)c(OC)cc(OC)c3F)cc2n1. The highest BCUT2D eigenvalue weighted by molar-refractivity contribution is 5.87. The molecule has 0 saturated carbocycles. The smallest absolute Gasteiger partial charge is 0.243 e. The molecule has 3 aromatic rings. The third-order valence-corrected chi connectivity index (χ3v) is 5.62. The number of amides is 1. The molecule has 4 rings (SSSR count). The number of aliphatic hydroxyl groups is 1. The van der Waals surface area contributed by atoms with Crippen LogP contribution in [-0.4, -0.2) is 60.5 Å². The summed E-state index contributed by atoms with van der Waals surface area (Å²) >= 11 is 0. The van der Waals surface area contributed by atoms with E-state index in [4.69, 9.17) is 18.6 Å². The lowest BCUT2D eigenvalue weighted by molar-refractivity contribution is -0.117. The van der Waals surface area contributed by atoms with E-state index >= 15 is 0 Å². The fraction of sp³-hybridized carbons (Fsp3) is 0.348. The van der Waals surface area contributed by atoms with E-state index in [2.05, 4.69) is 27.2 Å². The van der Waals surface area contributed by atoms with Crippen molar-refractivity contribution in [1.82, 2.24) is 15.3 Å². The van der Waals surface area contributed by atoms with E-state index in [-0.39, 0.29) is 52.3 Å². The van der Waals surface area contributed by atoms with Gasteiger partial charge in [-0.25, -0.2) is 18.7 Å². The molecule has 0 bridgehead atoms. The van der Waals surface area contributed by atoms with Gasteiger partial charge in [0.2, 0.25) is 11.9 Å². The summed E-state index contributed by atoms with van der Waals surface area (Å²) in [5, 5.41) is 16.7. The summed E-state index contributed by atoms with van der Waals surface area (Å²) in [4.78, 5) is 20.3. The monoisotopic (exact) mass is 490 g/mol. The van der Waals surface area contributed by atoms with Gasteiger partial charge in [0, 0.05) is 18.7 Å². The number of ether oxygens (including phenoxy) is 3. The second kappa shape index (κ2) is 10.2. The number of hydrogen-bond acceptors (Lipinski definition) is 9. The molecule has 0 radical (unpaired) electrons. The Labute approximate surface area is 198 Å². The number of methoxy groups -OCH3 is 2. The highest BCUT2D eigenvalue weighted by Crippen LogP contribution is 2.38. The van der Waals surface area contributed by atoms with Crippen LogP contribution >= 0.6 is 0 Å². The van der Waals surface area contributed by atoms with Gasteiger partial charge in [-0.05, 0) is 12.5 Å². The van der Waals surface area contributed by atoms with E-state index in [1.165, 1.54) is 32.6 Å². The molecule has 1 saturated heterocycles. The zero-order valence-corrected chi connectivity index (χ0v) is 19.0. The Morgan fingerprint density at radius 2 is 1.97 bits per heavy atom. The zero-order chi connectivity index (χ0) is 25.1. The van der Waals surface area contributed by atoms with Crippen molar-refractivity contribution in [2.45, 2.75) is 24.6 Å². The number of aromatic nitrogens is 2. The van der Waals surface area contributed by atoms with Gasteiger partial charge in [0.1, 0.15) is 17.4 Å². The minimum atomic E-state index is -1.81. The van der Waals surface area contributed by atoms with E-state index in [1.807, 2.05) is 0 Å². The molecule has 1 aromatic carbocycles. The Bertz CT molecular complexity index is 1220. The summed E-state index contributed by atoms with van der Waals surface area (Å²) in [6, 6.07) is 1.85. The number of anilines is 1. The quantitative estimate of drug-likeness (QED) is 0.408. The van der Waals surface area contributed by atoms with Gasteiger partial charge in [-0.2, -0.15) is 0 Å². The number of aliphatic hydroxyl groups excluding tert-OH is 1. The summed E-state index contributed by atoms with van der Waals surface area (Å²) in [5.41, 5.74) is -0.209. The molecule has 186 valence electrons. The van der Waals surface area contributed by atoms with Crippen LogP contribution in [0.1, 0.15) is 23.8 Å². The van der Waals surface area contributed by atoms with Crippen LogP contribution in [0.15, 0.2) is 35.4 Å². The highest BCUT2D eigenvalue weighted by atomic mass is 19.1. The topological polar surface area (TPSA) is 128 Å². The fourth-order valence-electron chi connectivity index (χ4n) is 3.81. The minimum absolute atomic E-state index is 0.156. The molecule has 2 aromatic heterocycles. The van der Waals surface area contributed by atoms with Gasteiger partial charge < -0.3 is 34.4 Å². The number of rotatable bonds is 8. The van der Waals surface area contributed by atoms with Gasteiger partial charge in [-0.15, -0.1) is 0 Å². The zero-order valence-electron chi connectivity index (χ0n) is 19.0. The number of carbonyl (C=O) groups excluding carboxylic acids is 1. The van der Waals surface area contributed by atoms with E-state index in [0.717, 1.165) is 6.07 Å². The molecule has 0 spiro atoms. The number of halogens is 2. The van der Waals surface area contributed by atoms with E-state index in [0.29, 0.717) is 19.6 Å². The van der Waals surface area contributed by atoms with Crippen molar-refractivity contribution < 1.29 is 37.3 Å². The summed E-state index contributed by atoms with van der Waals surface area (Å²) in [6.45, 7) is 4.26. The first kappa shape index (κ1) is 24.4. The first-order chi connectivity index (χ1) is 16.9. The number of benzene rings is 1. The molecule has 3 N–H and O–H groups in total. The number of furan rings is 1. The van der Waals surface area contributed by atoms with Gasteiger partial charge in [0.05, 0.1) is 44.7 Å². The van der Waals surface area contributed by atoms with Gasteiger partial charge in [0.25, 0.3) is 0 Å². The molecule has 0 aliphatic carbocycles. The summed E-state index contributed by atoms with van der Waals surface area (Å²) in [7, 11) is 2.42. The van der Waals surface area contributed by atoms with Crippen LogP contribution in [-0.2, 0) is 9.53 Å². The summed E-state index contributed by atoms with van der Waals surface area (Å²) in [6.07, 6.45) is 1.33. The number of carbonyl (C=O) groups is 1. The maximum atomic E-state index is 14.8. The Hall–Kier alpha value is -3.77.